The van der Waals surface area contributed by atoms with E-state index < -0.39 is 24.9 Å². The number of rotatable bonds is 1. The number of aromatic nitrogens is 2. The van der Waals surface area contributed by atoms with E-state index in [1.807, 2.05) is 0 Å². The minimum absolute atomic E-state index is 0.294. The number of alkyl halides is 3. The van der Waals surface area contributed by atoms with Crippen LogP contribution in [-0.2, 0) is 15.4 Å². The topological polar surface area (TPSA) is 52.0 Å². The van der Waals surface area contributed by atoms with E-state index >= 15 is 0 Å². The molecule has 0 spiro atoms. The Bertz CT molecular complexity index is 409. The Balaban J connectivity index is 3.16. The van der Waals surface area contributed by atoms with Crippen molar-refractivity contribution in [3.63, 3.8) is 0 Å². The van der Waals surface area contributed by atoms with Gasteiger partial charge in [0.15, 0.2) is 0 Å². The molecule has 0 aliphatic rings. The van der Waals surface area contributed by atoms with Crippen LogP contribution in [0.4, 0.5) is 13.2 Å². The molecule has 0 amide bonds. The van der Waals surface area contributed by atoms with Crippen molar-refractivity contribution in [3.05, 3.63) is 12.4 Å². The van der Waals surface area contributed by atoms with Gasteiger partial charge < -0.3 is 0 Å². The highest BCUT2D eigenvalue weighted by Gasteiger charge is 2.32. The van der Waals surface area contributed by atoms with Gasteiger partial charge in [0.1, 0.15) is 4.90 Å². The van der Waals surface area contributed by atoms with Crippen LogP contribution in [0.2, 0.25) is 0 Å². The zero-order chi connectivity index (χ0) is 10.3. The van der Waals surface area contributed by atoms with Crippen LogP contribution in [0, 0.1) is 0 Å². The van der Waals surface area contributed by atoms with Crippen molar-refractivity contribution in [2.75, 3.05) is 0 Å². The zero-order valence-corrected chi connectivity index (χ0v) is 7.36. The smallest absolute Gasteiger partial charge is 0.207 e. The molecule has 0 bridgehead atoms. The van der Waals surface area contributed by atoms with Gasteiger partial charge in [-0.3, -0.25) is 0 Å². The first kappa shape index (κ1) is 10.3. The summed E-state index contributed by atoms with van der Waals surface area (Å²) in [5.74, 6) is 0. The fraction of sp³-hybridized carbons (Fsp3) is 0.250. The molecule has 1 heterocycles. The third-order valence-corrected chi connectivity index (χ3v) is 2.41. The highest BCUT2D eigenvalue weighted by Crippen LogP contribution is 2.23. The second-order valence-electron chi connectivity index (χ2n) is 2.03. The van der Waals surface area contributed by atoms with E-state index in [0.717, 1.165) is 0 Å². The molecule has 0 unspecified atom stereocenters. The zero-order valence-electron chi connectivity index (χ0n) is 5.79. The van der Waals surface area contributed by atoms with Gasteiger partial charge in [-0.25, -0.2) is 8.42 Å². The van der Waals surface area contributed by atoms with Gasteiger partial charge in [-0.05, 0) is 0 Å². The molecule has 0 aliphatic carbocycles. The minimum Gasteiger partial charge on any atom is -0.207 e. The molecule has 0 aliphatic heterocycles. The first-order valence-electron chi connectivity index (χ1n) is 2.78. The summed E-state index contributed by atoms with van der Waals surface area (Å²) < 4.78 is 56.1. The van der Waals surface area contributed by atoms with Gasteiger partial charge in [-0.2, -0.15) is 9.78 Å². The Morgan fingerprint density at radius 1 is 1.46 bits per heavy atom. The van der Waals surface area contributed by atoms with Crippen LogP contribution in [0.5, 0.6) is 0 Å². The van der Waals surface area contributed by atoms with Gasteiger partial charge in [-0.15, -0.1) is 13.2 Å². The number of halogens is 4. The average molecular weight is 235 g/mol. The second-order valence-corrected chi connectivity index (χ2v) is 4.59. The Hall–Kier alpha value is -0.760. The molecule has 0 fully saturated rings. The normalized spacial score (nSPS) is 13.2. The summed E-state index contributed by atoms with van der Waals surface area (Å²) in [6.45, 7) is 0. The van der Waals surface area contributed by atoms with Crippen molar-refractivity contribution in [1.29, 1.82) is 0 Å². The fourth-order valence-electron chi connectivity index (χ4n) is 0.571. The summed E-state index contributed by atoms with van der Waals surface area (Å²) in [5.41, 5.74) is 0. The van der Waals surface area contributed by atoms with Gasteiger partial charge in [0.2, 0.25) is 0 Å². The van der Waals surface area contributed by atoms with Gasteiger partial charge in [0, 0.05) is 10.7 Å². The fourth-order valence-corrected chi connectivity index (χ4v) is 1.21. The molecular weight excluding hydrogens is 233 g/mol. The van der Waals surface area contributed by atoms with Gasteiger partial charge in [-0.1, -0.05) is 0 Å². The molecule has 9 heteroatoms. The van der Waals surface area contributed by atoms with Crippen molar-refractivity contribution in [2.24, 2.45) is 0 Å². The summed E-state index contributed by atoms with van der Waals surface area (Å²) in [4.78, 5) is -0.688. The van der Waals surface area contributed by atoms with E-state index in [1.165, 1.54) is 0 Å². The highest BCUT2D eigenvalue weighted by molar-refractivity contribution is 8.13. The lowest BCUT2D eigenvalue weighted by Crippen LogP contribution is -2.16. The molecule has 1 aromatic rings. The van der Waals surface area contributed by atoms with Crippen LogP contribution in [-0.4, -0.2) is 18.2 Å². The number of hydrogen-bond acceptors (Lipinski definition) is 3. The van der Waals surface area contributed by atoms with E-state index in [-0.39, 0.29) is 0 Å². The molecule has 0 saturated heterocycles. The van der Waals surface area contributed by atoms with E-state index in [4.69, 9.17) is 10.7 Å². The first-order valence-corrected chi connectivity index (χ1v) is 5.09. The maximum Gasteiger partial charge on any atom is 0.504 e. The molecule has 0 atom stereocenters. The predicted molar refractivity (Wildman–Crippen MR) is 36.6 cm³/mol. The van der Waals surface area contributed by atoms with Crippen LogP contribution in [0.15, 0.2) is 17.3 Å². The molecule has 0 saturated carbocycles. The Labute approximate surface area is 75.3 Å². The lowest BCUT2D eigenvalue weighted by molar-refractivity contribution is -0.212. The highest BCUT2D eigenvalue weighted by atomic mass is 35.7. The quantitative estimate of drug-likeness (QED) is 0.688. The first-order chi connectivity index (χ1) is 5.71. The summed E-state index contributed by atoms with van der Waals surface area (Å²) in [6, 6.07) is 0. The Kier molecular flexibility index (Phi) is 2.28. The van der Waals surface area contributed by atoms with Crippen LogP contribution < -0.4 is 0 Å². The standard InChI is InChI=1S/C4H2ClF3N2O2S/c5-13(11,12)3-1-9-10(2-3)4(6,7)8/h1-2H. The third kappa shape index (κ3) is 2.34. The molecule has 0 aromatic carbocycles. The van der Waals surface area contributed by atoms with E-state index in [1.54, 1.807) is 0 Å². The molecule has 0 N–H and O–H groups in total. The maximum absolute atomic E-state index is 11.9. The van der Waals surface area contributed by atoms with Crippen molar-refractivity contribution in [1.82, 2.24) is 9.78 Å². The second kappa shape index (κ2) is 2.88. The molecule has 1 rings (SSSR count). The monoisotopic (exact) mass is 234 g/mol. The van der Waals surface area contributed by atoms with Crippen LogP contribution in [0.3, 0.4) is 0 Å². The van der Waals surface area contributed by atoms with Gasteiger partial charge >= 0.3 is 6.30 Å². The maximum atomic E-state index is 11.9. The van der Waals surface area contributed by atoms with Crippen molar-refractivity contribution >= 4 is 19.7 Å². The predicted octanol–water partition coefficient (Wildman–Crippen LogP) is 1.29. The largest absolute Gasteiger partial charge is 0.504 e. The Morgan fingerprint density at radius 3 is 2.23 bits per heavy atom. The van der Waals surface area contributed by atoms with Gasteiger partial charge in [0.25, 0.3) is 9.05 Å². The molecular formula is C4H2ClF3N2O2S. The van der Waals surface area contributed by atoms with E-state index in [0.29, 0.717) is 12.4 Å². The van der Waals surface area contributed by atoms with E-state index in [2.05, 4.69) is 5.10 Å². The summed E-state index contributed by atoms with van der Waals surface area (Å²) in [7, 11) is 0.620. The number of nitrogens with zero attached hydrogens (tertiary/aromatic N) is 2. The minimum atomic E-state index is -4.74. The lowest BCUT2D eigenvalue weighted by Gasteiger charge is -2.03. The van der Waals surface area contributed by atoms with E-state index in [9.17, 15) is 21.6 Å². The Morgan fingerprint density at radius 2 is 2.00 bits per heavy atom. The van der Waals surface area contributed by atoms with Crippen molar-refractivity contribution < 1.29 is 21.6 Å². The summed E-state index contributed by atoms with van der Waals surface area (Å²) in [5, 5.41) is 2.78. The summed E-state index contributed by atoms with van der Waals surface area (Å²) in [6.07, 6.45) is -3.92. The summed E-state index contributed by atoms with van der Waals surface area (Å²) >= 11 is 0. The molecule has 13 heavy (non-hydrogen) atoms. The number of hydrogen-bond donors (Lipinski definition) is 0. The molecule has 1 aromatic heterocycles. The van der Waals surface area contributed by atoms with Crippen molar-refractivity contribution in [2.45, 2.75) is 11.2 Å². The average Bonchev–Trinajstić information content (AvgIpc) is 2.28. The SMILES string of the molecule is O=S(=O)(Cl)c1cnn(C(F)(F)F)c1. The van der Waals surface area contributed by atoms with Crippen molar-refractivity contribution in [3.8, 4) is 0 Å². The van der Waals surface area contributed by atoms with Gasteiger partial charge in [0.05, 0.1) is 12.4 Å². The molecule has 74 valence electrons. The molecule has 4 nitrogen and oxygen atoms in total. The third-order valence-electron chi connectivity index (χ3n) is 1.10. The van der Waals surface area contributed by atoms with Crippen LogP contribution in [0.25, 0.3) is 0 Å². The lowest BCUT2D eigenvalue weighted by atomic mass is 10.7. The molecule has 0 radical (unpaired) electrons. The van der Waals surface area contributed by atoms with Crippen LogP contribution >= 0.6 is 10.7 Å². The van der Waals surface area contributed by atoms with Crippen LogP contribution in [0.1, 0.15) is 0 Å².